The summed E-state index contributed by atoms with van der Waals surface area (Å²) in [4.78, 5) is 3.15. The molecule has 0 aromatic carbocycles. The van der Waals surface area contributed by atoms with Crippen LogP contribution in [0.2, 0.25) is 0 Å². The van der Waals surface area contributed by atoms with Gasteiger partial charge in [-0.3, -0.25) is 0 Å². The molecule has 0 aliphatic carbocycles. The van der Waals surface area contributed by atoms with Crippen molar-refractivity contribution in [2.24, 2.45) is 5.73 Å². The first kappa shape index (κ1) is 8.82. The highest BCUT2D eigenvalue weighted by Crippen LogP contribution is 2.17. The van der Waals surface area contributed by atoms with Gasteiger partial charge in [-0.15, -0.1) is 0 Å². The van der Waals surface area contributed by atoms with Gasteiger partial charge in [-0.25, -0.2) is 0 Å². The average molecular weight is 163 g/mol. The van der Waals surface area contributed by atoms with Gasteiger partial charge >= 0.3 is 0 Å². The average Bonchev–Trinajstić information content (AvgIpc) is 2.30. The molecule has 0 unspecified atom stereocenters. The predicted molar refractivity (Wildman–Crippen MR) is 47.4 cm³/mol. The predicted octanol–water partition coefficient (Wildman–Crippen LogP) is 1.55. The van der Waals surface area contributed by atoms with Crippen LogP contribution in [0, 0.1) is 25.2 Å². The minimum atomic E-state index is -0.177. The minimum absolute atomic E-state index is 0.177. The number of rotatable bonds is 2. The summed E-state index contributed by atoms with van der Waals surface area (Å²) in [7, 11) is 0. The second-order valence-corrected chi connectivity index (χ2v) is 3.02. The van der Waals surface area contributed by atoms with Gasteiger partial charge in [-0.05, 0) is 25.5 Å². The summed E-state index contributed by atoms with van der Waals surface area (Å²) in [5.74, 6) is 0. The van der Waals surface area contributed by atoms with Gasteiger partial charge in [0.1, 0.15) is 0 Å². The summed E-state index contributed by atoms with van der Waals surface area (Å²) < 4.78 is 0. The minimum Gasteiger partial charge on any atom is -0.361 e. The van der Waals surface area contributed by atoms with Crippen molar-refractivity contribution in [2.75, 3.05) is 0 Å². The number of hydrogen-bond donors (Lipinski definition) is 2. The molecule has 0 saturated carbocycles. The van der Waals surface area contributed by atoms with Gasteiger partial charge in [0.15, 0.2) is 0 Å². The Kier molecular flexibility index (Phi) is 2.51. The number of aryl methyl sites for hydroxylation is 2. The Balaban J connectivity index is 2.88. The number of aromatic nitrogens is 1. The van der Waals surface area contributed by atoms with Crippen LogP contribution in [0.5, 0.6) is 0 Å². The number of nitriles is 1. The van der Waals surface area contributed by atoms with Gasteiger partial charge in [-0.2, -0.15) is 5.26 Å². The summed E-state index contributed by atoms with van der Waals surface area (Å²) >= 11 is 0. The molecule has 3 nitrogen and oxygen atoms in total. The van der Waals surface area contributed by atoms with Gasteiger partial charge in [0, 0.05) is 11.4 Å². The van der Waals surface area contributed by atoms with Gasteiger partial charge in [0.2, 0.25) is 0 Å². The smallest absolute Gasteiger partial charge is 0.0642 e. The van der Waals surface area contributed by atoms with Crippen LogP contribution in [-0.2, 0) is 0 Å². The molecule has 0 aliphatic heterocycles. The molecule has 3 heteroatoms. The lowest BCUT2D eigenvalue weighted by atomic mass is 10.1. The van der Waals surface area contributed by atoms with E-state index in [0.29, 0.717) is 6.42 Å². The highest BCUT2D eigenvalue weighted by molar-refractivity contribution is 5.26. The van der Waals surface area contributed by atoms with Gasteiger partial charge in [0.05, 0.1) is 18.5 Å². The zero-order valence-electron chi connectivity index (χ0n) is 7.39. The van der Waals surface area contributed by atoms with Crippen molar-refractivity contribution in [1.29, 1.82) is 5.26 Å². The first-order valence-electron chi connectivity index (χ1n) is 3.93. The molecular weight excluding hydrogens is 150 g/mol. The van der Waals surface area contributed by atoms with Crippen LogP contribution in [0.15, 0.2) is 6.07 Å². The summed E-state index contributed by atoms with van der Waals surface area (Å²) in [6.07, 6.45) is 0.362. The molecule has 1 atom stereocenters. The lowest BCUT2D eigenvalue weighted by molar-refractivity contribution is 0.718. The molecule has 0 aliphatic rings. The quantitative estimate of drug-likeness (QED) is 0.694. The van der Waals surface area contributed by atoms with Crippen molar-refractivity contribution < 1.29 is 0 Å². The molecule has 1 aromatic heterocycles. The van der Waals surface area contributed by atoms with Crippen molar-refractivity contribution in [3.8, 4) is 6.07 Å². The molecule has 64 valence electrons. The summed E-state index contributed by atoms with van der Waals surface area (Å²) in [5, 5.41) is 8.45. The Morgan fingerprint density at radius 1 is 1.67 bits per heavy atom. The van der Waals surface area contributed by atoms with E-state index in [1.165, 1.54) is 0 Å². The lowest BCUT2D eigenvalue weighted by Crippen LogP contribution is -2.10. The van der Waals surface area contributed by atoms with Crippen LogP contribution in [0.3, 0.4) is 0 Å². The highest BCUT2D eigenvalue weighted by atomic mass is 14.8. The molecule has 0 bridgehead atoms. The molecule has 0 spiro atoms. The second kappa shape index (κ2) is 3.42. The van der Waals surface area contributed by atoms with Crippen molar-refractivity contribution in [3.05, 3.63) is 23.0 Å². The number of nitrogens with one attached hydrogen (secondary N) is 1. The van der Waals surface area contributed by atoms with Gasteiger partial charge in [0.25, 0.3) is 0 Å². The third-order valence-corrected chi connectivity index (χ3v) is 1.87. The van der Waals surface area contributed by atoms with Crippen LogP contribution in [0.4, 0.5) is 0 Å². The summed E-state index contributed by atoms with van der Waals surface area (Å²) in [6.45, 7) is 3.98. The maximum atomic E-state index is 8.45. The third-order valence-electron chi connectivity index (χ3n) is 1.87. The second-order valence-electron chi connectivity index (χ2n) is 3.02. The first-order chi connectivity index (χ1) is 5.65. The standard InChI is InChI=1S/C9H13N3/c1-6-5-7(2)12-9(6)8(11)3-4-10/h5,8,12H,3,11H2,1-2H3/t8-/m1/s1. The Labute approximate surface area is 72.2 Å². The molecule has 12 heavy (non-hydrogen) atoms. The first-order valence-corrected chi connectivity index (χ1v) is 3.93. The number of nitrogens with zero attached hydrogens (tertiary/aromatic N) is 1. The lowest BCUT2D eigenvalue weighted by Gasteiger charge is -2.05. The topological polar surface area (TPSA) is 65.6 Å². The van der Waals surface area contributed by atoms with Crippen molar-refractivity contribution in [1.82, 2.24) is 4.98 Å². The summed E-state index contributed by atoms with van der Waals surface area (Å²) in [6, 6.07) is 3.91. The SMILES string of the molecule is Cc1cc(C)c([C@H](N)CC#N)[nH]1. The van der Waals surface area contributed by atoms with Gasteiger partial charge < -0.3 is 10.7 Å². The molecule has 1 rings (SSSR count). The molecule has 0 amide bonds. The fraction of sp³-hybridized carbons (Fsp3) is 0.444. The molecular formula is C9H13N3. The van der Waals surface area contributed by atoms with E-state index >= 15 is 0 Å². The van der Waals surface area contributed by atoms with Crippen LogP contribution < -0.4 is 5.73 Å². The van der Waals surface area contributed by atoms with Crippen LogP contribution in [-0.4, -0.2) is 4.98 Å². The zero-order chi connectivity index (χ0) is 9.14. The van der Waals surface area contributed by atoms with E-state index in [9.17, 15) is 0 Å². The molecule has 1 heterocycles. The van der Waals surface area contributed by atoms with Crippen LogP contribution in [0.25, 0.3) is 0 Å². The monoisotopic (exact) mass is 163 g/mol. The normalized spacial score (nSPS) is 12.5. The van der Waals surface area contributed by atoms with Crippen molar-refractivity contribution in [3.63, 3.8) is 0 Å². The van der Waals surface area contributed by atoms with E-state index in [0.717, 1.165) is 17.0 Å². The fourth-order valence-corrected chi connectivity index (χ4v) is 1.34. The fourth-order valence-electron chi connectivity index (χ4n) is 1.34. The Morgan fingerprint density at radius 3 is 2.75 bits per heavy atom. The maximum Gasteiger partial charge on any atom is 0.0642 e. The molecule has 3 N–H and O–H groups in total. The Morgan fingerprint density at radius 2 is 2.33 bits per heavy atom. The van der Waals surface area contributed by atoms with E-state index in [1.807, 2.05) is 19.9 Å². The van der Waals surface area contributed by atoms with E-state index in [4.69, 9.17) is 11.0 Å². The summed E-state index contributed by atoms with van der Waals surface area (Å²) in [5.41, 5.74) is 8.97. The van der Waals surface area contributed by atoms with Crippen molar-refractivity contribution in [2.45, 2.75) is 26.3 Å². The third kappa shape index (κ3) is 1.66. The number of H-pyrrole nitrogens is 1. The molecule has 1 aromatic rings. The van der Waals surface area contributed by atoms with Crippen molar-refractivity contribution >= 4 is 0 Å². The van der Waals surface area contributed by atoms with E-state index in [1.54, 1.807) is 0 Å². The van der Waals surface area contributed by atoms with E-state index in [-0.39, 0.29) is 6.04 Å². The van der Waals surface area contributed by atoms with Gasteiger partial charge in [-0.1, -0.05) is 0 Å². The van der Waals surface area contributed by atoms with Crippen LogP contribution in [0.1, 0.15) is 29.4 Å². The zero-order valence-corrected chi connectivity index (χ0v) is 7.39. The Bertz CT molecular complexity index is 306. The Hall–Kier alpha value is -1.27. The van der Waals surface area contributed by atoms with E-state index < -0.39 is 0 Å². The highest BCUT2D eigenvalue weighted by Gasteiger charge is 2.10. The van der Waals surface area contributed by atoms with Crippen LogP contribution >= 0.6 is 0 Å². The largest absolute Gasteiger partial charge is 0.361 e. The molecule has 0 saturated heterocycles. The number of nitrogens with two attached hydrogens (primary N) is 1. The van der Waals surface area contributed by atoms with E-state index in [2.05, 4.69) is 11.1 Å². The maximum absolute atomic E-state index is 8.45. The number of aromatic amines is 1. The molecule has 0 radical (unpaired) electrons. The number of hydrogen-bond acceptors (Lipinski definition) is 2. The molecule has 0 fully saturated rings.